The molecular weight excluding hydrogens is 388 g/mol. The molecule has 2 aromatic heterocycles. The summed E-state index contributed by atoms with van der Waals surface area (Å²) in [5.41, 5.74) is 12.7. The zero-order valence-electron chi connectivity index (χ0n) is 19.6. The molecule has 0 radical (unpaired) electrons. The summed E-state index contributed by atoms with van der Waals surface area (Å²) in [6.07, 6.45) is 6.71. The summed E-state index contributed by atoms with van der Waals surface area (Å²) < 4.78 is 7.71. The number of hydrogen-bond donors (Lipinski definition) is 2. The van der Waals surface area contributed by atoms with Crippen molar-refractivity contribution in [2.24, 2.45) is 5.73 Å². The summed E-state index contributed by atoms with van der Waals surface area (Å²) in [6.45, 7) is 9.98. The van der Waals surface area contributed by atoms with Crippen molar-refractivity contribution in [3.8, 4) is 0 Å². The molecule has 1 atom stereocenters. The Morgan fingerprint density at radius 3 is 2.58 bits per heavy atom. The van der Waals surface area contributed by atoms with E-state index in [1.165, 1.54) is 24.0 Å². The second-order valence-electron chi connectivity index (χ2n) is 8.48. The van der Waals surface area contributed by atoms with E-state index in [1.807, 2.05) is 13.8 Å². The fourth-order valence-electron chi connectivity index (χ4n) is 4.40. The predicted octanol–water partition coefficient (Wildman–Crippen LogP) is 4.57. The molecular formula is C25H38N4O2. The molecule has 0 aliphatic carbocycles. The van der Waals surface area contributed by atoms with E-state index in [0.717, 1.165) is 59.1 Å². The first-order chi connectivity index (χ1) is 15.0. The molecule has 170 valence electrons. The lowest BCUT2D eigenvalue weighted by Gasteiger charge is -2.14. The number of imidazole rings is 1. The lowest BCUT2D eigenvalue weighted by atomic mass is 9.96. The van der Waals surface area contributed by atoms with Gasteiger partial charge in [-0.3, -0.25) is 4.98 Å². The third-order valence-corrected chi connectivity index (χ3v) is 6.18. The molecule has 6 heteroatoms. The van der Waals surface area contributed by atoms with Crippen molar-refractivity contribution < 1.29 is 9.84 Å². The largest absolute Gasteiger partial charge is 0.395 e. The van der Waals surface area contributed by atoms with Gasteiger partial charge in [0.15, 0.2) is 0 Å². The summed E-state index contributed by atoms with van der Waals surface area (Å²) in [5.74, 6) is 0.839. The summed E-state index contributed by atoms with van der Waals surface area (Å²) in [6, 6.07) is 4.70. The first-order valence-electron chi connectivity index (χ1n) is 11.7. The molecule has 3 N–H and O–H groups in total. The first kappa shape index (κ1) is 23.6. The van der Waals surface area contributed by atoms with Gasteiger partial charge in [-0.15, -0.1) is 0 Å². The monoisotopic (exact) mass is 426 g/mol. The third kappa shape index (κ3) is 5.25. The molecule has 0 fully saturated rings. The van der Waals surface area contributed by atoms with Gasteiger partial charge in [-0.05, 0) is 57.6 Å². The molecule has 3 rings (SSSR count). The number of nitrogens with two attached hydrogens (primary N) is 1. The summed E-state index contributed by atoms with van der Waals surface area (Å²) in [4.78, 5) is 9.75. The van der Waals surface area contributed by atoms with Crippen LogP contribution >= 0.6 is 0 Å². The first-order valence-corrected chi connectivity index (χ1v) is 11.7. The van der Waals surface area contributed by atoms with Gasteiger partial charge in [0.1, 0.15) is 17.9 Å². The zero-order chi connectivity index (χ0) is 22.4. The van der Waals surface area contributed by atoms with Gasteiger partial charge in [0, 0.05) is 24.6 Å². The van der Waals surface area contributed by atoms with Gasteiger partial charge in [0.05, 0.1) is 23.3 Å². The molecule has 1 unspecified atom stereocenters. The van der Waals surface area contributed by atoms with E-state index in [4.69, 9.17) is 20.4 Å². The third-order valence-electron chi connectivity index (χ3n) is 6.18. The van der Waals surface area contributed by atoms with Gasteiger partial charge in [0.25, 0.3) is 0 Å². The topological polar surface area (TPSA) is 86.2 Å². The molecule has 0 amide bonds. The van der Waals surface area contributed by atoms with E-state index in [-0.39, 0.29) is 6.61 Å². The minimum atomic E-state index is 0.0583. The molecule has 0 spiro atoms. The predicted molar refractivity (Wildman–Crippen MR) is 127 cm³/mol. The van der Waals surface area contributed by atoms with Crippen molar-refractivity contribution in [3.63, 3.8) is 0 Å². The van der Waals surface area contributed by atoms with E-state index < -0.39 is 0 Å². The molecule has 2 heterocycles. The van der Waals surface area contributed by atoms with E-state index >= 15 is 0 Å². The van der Waals surface area contributed by atoms with Crippen molar-refractivity contribution in [1.82, 2.24) is 14.5 Å². The van der Waals surface area contributed by atoms with Crippen LogP contribution in [0.1, 0.15) is 68.6 Å². The van der Waals surface area contributed by atoms with Crippen LogP contribution in [0.5, 0.6) is 0 Å². The smallest absolute Gasteiger partial charge is 0.136 e. The van der Waals surface area contributed by atoms with Crippen molar-refractivity contribution in [3.05, 3.63) is 34.8 Å². The van der Waals surface area contributed by atoms with Crippen LogP contribution in [-0.2, 0) is 24.3 Å². The number of aryl methyl sites for hydroxylation is 3. The second kappa shape index (κ2) is 11.0. The molecule has 1 aromatic carbocycles. The molecule has 0 aliphatic heterocycles. The second-order valence-corrected chi connectivity index (χ2v) is 8.48. The van der Waals surface area contributed by atoms with Crippen molar-refractivity contribution in [2.75, 3.05) is 13.2 Å². The average molecular weight is 427 g/mol. The molecule has 6 nitrogen and oxygen atoms in total. The van der Waals surface area contributed by atoms with Crippen LogP contribution < -0.4 is 5.73 Å². The van der Waals surface area contributed by atoms with E-state index in [9.17, 15) is 5.11 Å². The Kier molecular flexibility index (Phi) is 8.41. The van der Waals surface area contributed by atoms with Crippen LogP contribution in [0, 0.1) is 13.8 Å². The maximum Gasteiger partial charge on any atom is 0.136 e. The number of hydrogen-bond acceptors (Lipinski definition) is 5. The molecule has 0 saturated carbocycles. The van der Waals surface area contributed by atoms with Crippen molar-refractivity contribution >= 4 is 21.9 Å². The fraction of sp³-hybridized carbons (Fsp3) is 0.600. The number of nitrogens with zero attached hydrogens (tertiary/aromatic N) is 3. The van der Waals surface area contributed by atoms with Gasteiger partial charge >= 0.3 is 0 Å². The fourth-order valence-corrected chi connectivity index (χ4v) is 4.40. The summed E-state index contributed by atoms with van der Waals surface area (Å²) in [7, 11) is 0. The number of ether oxygens (including phenoxy) is 1. The molecule has 3 aromatic rings. The van der Waals surface area contributed by atoms with Crippen LogP contribution in [0.25, 0.3) is 21.9 Å². The molecule has 0 saturated heterocycles. The number of fused-ring (bicyclic) bond motifs is 3. The minimum Gasteiger partial charge on any atom is -0.395 e. The normalized spacial score (nSPS) is 12.8. The maximum atomic E-state index is 9.67. The Bertz CT molecular complexity index is 1010. The van der Waals surface area contributed by atoms with Gasteiger partial charge in [-0.2, -0.15) is 0 Å². The highest BCUT2D eigenvalue weighted by Gasteiger charge is 2.18. The molecule has 0 bridgehead atoms. The van der Waals surface area contributed by atoms with E-state index in [2.05, 4.69) is 30.5 Å². The van der Waals surface area contributed by atoms with E-state index in [1.54, 1.807) is 0 Å². The Hall–Kier alpha value is -2.02. The highest BCUT2D eigenvalue weighted by molar-refractivity contribution is 6.04. The number of unbranched alkanes of at least 4 members (excludes halogenated alkanes) is 1. The van der Waals surface area contributed by atoms with Crippen LogP contribution in [0.4, 0.5) is 0 Å². The van der Waals surface area contributed by atoms with Crippen LogP contribution in [0.3, 0.4) is 0 Å². The lowest BCUT2D eigenvalue weighted by molar-refractivity contribution is 0.125. The Morgan fingerprint density at radius 2 is 1.87 bits per heavy atom. The van der Waals surface area contributed by atoms with Crippen LogP contribution in [-0.4, -0.2) is 38.9 Å². The maximum absolute atomic E-state index is 9.67. The van der Waals surface area contributed by atoms with Crippen molar-refractivity contribution in [2.45, 2.75) is 85.4 Å². The summed E-state index contributed by atoms with van der Waals surface area (Å²) >= 11 is 0. The van der Waals surface area contributed by atoms with Crippen molar-refractivity contribution in [1.29, 1.82) is 0 Å². The highest BCUT2D eigenvalue weighted by atomic mass is 16.5. The number of rotatable bonds is 12. The Labute approximate surface area is 185 Å². The van der Waals surface area contributed by atoms with Gasteiger partial charge < -0.3 is 20.1 Å². The molecule has 31 heavy (non-hydrogen) atoms. The quantitative estimate of drug-likeness (QED) is 0.443. The summed E-state index contributed by atoms with van der Waals surface area (Å²) in [5, 5.41) is 10.8. The molecule has 0 aliphatic rings. The number of benzene rings is 1. The zero-order valence-corrected chi connectivity index (χ0v) is 19.6. The average Bonchev–Trinajstić information content (AvgIpc) is 3.12. The lowest BCUT2D eigenvalue weighted by Crippen LogP contribution is -2.19. The SMILES string of the molecule is CCCCC(N)CCCc1ccc2c(nc(C)c3nc(COCC)n(CCO)c32)c1C. The Balaban J connectivity index is 1.96. The number of aliphatic hydroxyl groups is 1. The van der Waals surface area contributed by atoms with Gasteiger partial charge in [0.2, 0.25) is 0 Å². The standard InChI is InChI=1S/C25H38N4O2/c1-5-7-10-20(26)11-8-9-19-12-13-21-23(17(19)3)27-18(4)24-25(21)29(14-15-30)22(28-24)16-31-6-2/h12-13,20,30H,5-11,14-16,26H2,1-4H3. The van der Waals surface area contributed by atoms with Gasteiger partial charge in [-0.1, -0.05) is 31.9 Å². The van der Waals surface area contributed by atoms with Crippen LogP contribution in [0.15, 0.2) is 12.1 Å². The minimum absolute atomic E-state index is 0.0583. The number of pyridine rings is 1. The van der Waals surface area contributed by atoms with Gasteiger partial charge in [-0.25, -0.2) is 4.98 Å². The Morgan fingerprint density at radius 1 is 1.10 bits per heavy atom. The van der Waals surface area contributed by atoms with Crippen LogP contribution in [0.2, 0.25) is 0 Å². The number of aliphatic hydroxyl groups excluding tert-OH is 1. The number of aromatic nitrogens is 3. The highest BCUT2D eigenvalue weighted by Crippen LogP contribution is 2.31. The van der Waals surface area contributed by atoms with E-state index in [0.29, 0.717) is 25.8 Å².